The second kappa shape index (κ2) is 6.87. The van der Waals surface area contributed by atoms with Crippen LogP contribution in [0.25, 0.3) is 0 Å². The quantitative estimate of drug-likeness (QED) is 0.830. The van der Waals surface area contributed by atoms with Crippen molar-refractivity contribution in [2.24, 2.45) is 5.41 Å². The Balaban J connectivity index is 3.10. The SMILES string of the molecule is CCCNC(c1cccnc1N)C(OC)C(C)(C)C. The highest BCUT2D eigenvalue weighted by Crippen LogP contribution is 2.34. The van der Waals surface area contributed by atoms with Gasteiger partial charge in [0, 0.05) is 18.9 Å². The van der Waals surface area contributed by atoms with Crippen LogP contribution >= 0.6 is 0 Å². The van der Waals surface area contributed by atoms with E-state index < -0.39 is 0 Å². The molecule has 1 aromatic heterocycles. The smallest absolute Gasteiger partial charge is 0.128 e. The molecule has 19 heavy (non-hydrogen) atoms. The number of hydrogen-bond acceptors (Lipinski definition) is 4. The van der Waals surface area contributed by atoms with Crippen molar-refractivity contribution in [2.45, 2.75) is 46.3 Å². The molecule has 4 heteroatoms. The molecule has 0 aliphatic carbocycles. The molecule has 1 aromatic rings. The number of pyridine rings is 1. The van der Waals surface area contributed by atoms with Crippen LogP contribution in [0.1, 0.15) is 45.7 Å². The van der Waals surface area contributed by atoms with Gasteiger partial charge in [0.2, 0.25) is 0 Å². The van der Waals surface area contributed by atoms with Gasteiger partial charge in [0.15, 0.2) is 0 Å². The summed E-state index contributed by atoms with van der Waals surface area (Å²) in [5, 5.41) is 3.54. The number of nitrogen functional groups attached to an aromatic ring is 1. The van der Waals surface area contributed by atoms with Gasteiger partial charge in [-0.2, -0.15) is 0 Å². The number of hydrogen-bond donors (Lipinski definition) is 2. The van der Waals surface area contributed by atoms with E-state index in [4.69, 9.17) is 10.5 Å². The second-order valence-electron chi connectivity index (χ2n) is 5.93. The minimum Gasteiger partial charge on any atom is -0.383 e. The molecule has 0 radical (unpaired) electrons. The molecule has 0 saturated carbocycles. The first-order valence-electron chi connectivity index (χ1n) is 6.88. The Morgan fingerprint density at radius 2 is 2.11 bits per heavy atom. The van der Waals surface area contributed by atoms with Crippen LogP contribution in [0.5, 0.6) is 0 Å². The van der Waals surface area contributed by atoms with Crippen LogP contribution in [-0.4, -0.2) is 24.7 Å². The molecule has 1 heterocycles. The van der Waals surface area contributed by atoms with Crippen LogP contribution in [0.2, 0.25) is 0 Å². The van der Waals surface area contributed by atoms with E-state index in [0.29, 0.717) is 5.82 Å². The minimum absolute atomic E-state index is 0.0163. The van der Waals surface area contributed by atoms with Gasteiger partial charge in [-0.25, -0.2) is 4.98 Å². The lowest BCUT2D eigenvalue weighted by atomic mass is 9.82. The summed E-state index contributed by atoms with van der Waals surface area (Å²) in [5.41, 5.74) is 7.05. The number of methoxy groups -OCH3 is 1. The molecule has 1 rings (SSSR count). The van der Waals surface area contributed by atoms with Crippen LogP contribution in [-0.2, 0) is 4.74 Å². The molecule has 108 valence electrons. The molecule has 0 aliphatic rings. The molecule has 0 saturated heterocycles. The molecule has 0 spiro atoms. The summed E-state index contributed by atoms with van der Waals surface area (Å²) in [6.45, 7) is 9.60. The molecule has 0 bridgehead atoms. The van der Waals surface area contributed by atoms with Crippen molar-refractivity contribution in [1.82, 2.24) is 10.3 Å². The number of nitrogens with zero attached hydrogens (tertiary/aromatic N) is 1. The lowest BCUT2D eigenvalue weighted by molar-refractivity contribution is -0.0118. The van der Waals surface area contributed by atoms with E-state index in [1.54, 1.807) is 13.3 Å². The first-order valence-corrected chi connectivity index (χ1v) is 6.88. The maximum Gasteiger partial charge on any atom is 0.128 e. The zero-order valence-electron chi connectivity index (χ0n) is 12.7. The molecule has 4 nitrogen and oxygen atoms in total. The first kappa shape index (κ1) is 15.9. The molecule has 2 unspecified atom stereocenters. The van der Waals surface area contributed by atoms with Gasteiger partial charge in [0.25, 0.3) is 0 Å². The number of anilines is 1. The minimum atomic E-state index is 0.0163. The number of nitrogens with one attached hydrogen (secondary N) is 1. The summed E-state index contributed by atoms with van der Waals surface area (Å²) in [7, 11) is 1.75. The Morgan fingerprint density at radius 3 is 2.58 bits per heavy atom. The van der Waals surface area contributed by atoms with Gasteiger partial charge in [-0.1, -0.05) is 33.8 Å². The highest BCUT2D eigenvalue weighted by molar-refractivity contribution is 5.41. The molecular formula is C15H27N3O. The Bertz CT molecular complexity index is 387. The van der Waals surface area contributed by atoms with Crippen molar-refractivity contribution >= 4 is 5.82 Å². The number of nitrogens with two attached hydrogens (primary N) is 1. The number of ether oxygens (including phenoxy) is 1. The van der Waals surface area contributed by atoms with Gasteiger partial charge in [0.05, 0.1) is 12.1 Å². The van der Waals surface area contributed by atoms with Crippen molar-refractivity contribution < 1.29 is 4.74 Å². The van der Waals surface area contributed by atoms with Gasteiger partial charge in [0.1, 0.15) is 5.82 Å². The van der Waals surface area contributed by atoms with Crippen molar-refractivity contribution in [3.05, 3.63) is 23.9 Å². The Labute approximate surface area is 116 Å². The molecule has 2 atom stereocenters. The van der Waals surface area contributed by atoms with Gasteiger partial charge >= 0.3 is 0 Å². The van der Waals surface area contributed by atoms with Crippen molar-refractivity contribution in [1.29, 1.82) is 0 Å². The first-order chi connectivity index (χ1) is 8.91. The fourth-order valence-corrected chi connectivity index (χ4v) is 2.36. The maximum atomic E-state index is 6.02. The van der Waals surface area contributed by atoms with Crippen LogP contribution in [0, 0.1) is 5.41 Å². The summed E-state index contributed by atoms with van der Waals surface area (Å²) in [6.07, 6.45) is 2.82. The van der Waals surface area contributed by atoms with E-state index >= 15 is 0 Å². The Hall–Kier alpha value is -1.13. The Morgan fingerprint density at radius 1 is 1.42 bits per heavy atom. The van der Waals surface area contributed by atoms with E-state index in [1.165, 1.54) is 0 Å². The zero-order chi connectivity index (χ0) is 14.5. The zero-order valence-corrected chi connectivity index (χ0v) is 12.7. The third-order valence-corrected chi connectivity index (χ3v) is 3.23. The average Bonchev–Trinajstić information content (AvgIpc) is 2.34. The summed E-state index contributed by atoms with van der Waals surface area (Å²) >= 11 is 0. The van der Waals surface area contributed by atoms with E-state index in [1.807, 2.05) is 12.1 Å². The fourth-order valence-electron chi connectivity index (χ4n) is 2.36. The highest BCUT2D eigenvalue weighted by atomic mass is 16.5. The van der Waals surface area contributed by atoms with Crippen molar-refractivity contribution in [2.75, 3.05) is 19.4 Å². The third-order valence-electron chi connectivity index (χ3n) is 3.23. The lowest BCUT2D eigenvalue weighted by Crippen LogP contribution is -2.42. The molecule has 0 aliphatic heterocycles. The molecule has 0 amide bonds. The van der Waals surface area contributed by atoms with Crippen molar-refractivity contribution in [3.63, 3.8) is 0 Å². The van der Waals surface area contributed by atoms with Gasteiger partial charge < -0.3 is 15.8 Å². The monoisotopic (exact) mass is 265 g/mol. The lowest BCUT2D eigenvalue weighted by Gasteiger charge is -2.37. The van der Waals surface area contributed by atoms with Crippen LogP contribution < -0.4 is 11.1 Å². The van der Waals surface area contributed by atoms with E-state index in [2.05, 4.69) is 38.0 Å². The van der Waals surface area contributed by atoms with Crippen molar-refractivity contribution in [3.8, 4) is 0 Å². The van der Waals surface area contributed by atoms with E-state index in [9.17, 15) is 0 Å². The molecular weight excluding hydrogens is 238 g/mol. The fraction of sp³-hybridized carbons (Fsp3) is 0.667. The Kier molecular flexibility index (Phi) is 5.76. The normalized spacial score (nSPS) is 15.2. The predicted octanol–water partition coefficient (Wildman–Crippen LogP) is 2.77. The summed E-state index contributed by atoms with van der Waals surface area (Å²) in [5.74, 6) is 0.572. The van der Waals surface area contributed by atoms with Gasteiger partial charge in [-0.15, -0.1) is 0 Å². The van der Waals surface area contributed by atoms with E-state index in [-0.39, 0.29) is 17.6 Å². The van der Waals surface area contributed by atoms with Crippen LogP contribution in [0.3, 0.4) is 0 Å². The van der Waals surface area contributed by atoms with Gasteiger partial charge in [-0.05, 0) is 24.4 Å². The van der Waals surface area contributed by atoms with Crippen LogP contribution in [0.15, 0.2) is 18.3 Å². The standard InChI is InChI=1S/C15H27N3O/c1-6-9-17-12(13(19-5)15(2,3)4)11-8-7-10-18-14(11)16/h7-8,10,12-13,17H,6,9H2,1-5H3,(H2,16,18). The maximum absolute atomic E-state index is 6.02. The van der Waals surface area contributed by atoms with E-state index in [0.717, 1.165) is 18.5 Å². The summed E-state index contributed by atoms with van der Waals surface area (Å²) in [4.78, 5) is 4.19. The highest BCUT2D eigenvalue weighted by Gasteiger charge is 2.34. The summed E-state index contributed by atoms with van der Waals surface area (Å²) < 4.78 is 5.74. The predicted molar refractivity (Wildman–Crippen MR) is 79.9 cm³/mol. The molecule has 0 aromatic carbocycles. The molecule has 0 fully saturated rings. The summed E-state index contributed by atoms with van der Waals surface area (Å²) in [6, 6.07) is 3.99. The topological polar surface area (TPSA) is 60.2 Å². The largest absolute Gasteiger partial charge is 0.383 e. The molecule has 3 N–H and O–H groups in total. The van der Waals surface area contributed by atoms with Crippen LogP contribution in [0.4, 0.5) is 5.82 Å². The second-order valence-corrected chi connectivity index (χ2v) is 5.93. The average molecular weight is 265 g/mol. The number of aromatic nitrogens is 1. The van der Waals surface area contributed by atoms with Gasteiger partial charge in [-0.3, -0.25) is 0 Å². The number of rotatable bonds is 6. The third kappa shape index (κ3) is 4.18.